The normalized spacial score (nSPS) is 14.8. The molecule has 100 valence electrons. The first-order chi connectivity index (χ1) is 8.78. The van der Waals surface area contributed by atoms with Crippen LogP contribution in [0.4, 0.5) is 5.69 Å². The number of benzene rings is 1. The molecule has 1 aromatic carbocycles. The molecule has 0 unspecified atom stereocenters. The van der Waals surface area contributed by atoms with Gasteiger partial charge in [-0.3, -0.25) is 10.3 Å². The highest BCUT2D eigenvalue weighted by Gasteiger charge is 2.22. The highest BCUT2D eigenvalue weighted by Crippen LogP contribution is 2.29. The summed E-state index contributed by atoms with van der Waals surface area (Å²) in [6, 6.07) is 7.71. The number of likely N-dealkylation sites (N-methyl/N-ethyl adjacent to an activating group) is 1. The Bertz CT molecular complexity index is 367. The number of nitrogens with one attached hydrogen (secondary N) is 1. The molecule has 0 spiro atoms. The van der Waals surface area contributed by atoms with E-state index in [1.165, 1.54) is 19.4 Å². The molecule has 1 aliphatic carbocycles. The molecule has 4 heteroatoms. The number of nitrogens with zero attached hydrogens (tertiary/aromatic N) is 1. The number of methoxy groups -OCH3 is 1. The van der Waals surface area contributed by atoms with Crippen LogP contribution in [0.2, 0.25) is 0 Å². The Morgan fingerprint density at radius 2 is 2.22 bits per heavy atom. The van der Waals surface area contributed by atoms with Gasteiger partial charge in [-0.25, -0.2) is 0 Å². The summed E-state index contributed by atoms with van der Waals surface area (Å²) < 4.78 is 5.15. The molecule has 0 aliphatic heterocycles. The topological polar surface area (TPSA) is 33.7 Å². The summed E-state index contributed by atoms with van der Waals surface area (Å²) in [7, 11) is 3.81. The van der Waals surface area contributed by atoms with E-state index in [2.05, 4.69) is 17.4 Å². The summed E-state index contributed by atoms with van der Waals surface area (Å²) in [4.78, 5) is 7.77. The molecule has 0 aromatic heterocycles. The van der Waals surface area contributed by atoms with Crippen molar-refractivity contribution in [1.29, 1.82) is 0 Å². The molecule has 2 rings (SSSR count). The summed E-state index contributed by atoms with van der Waals surface area (Å²) in [6.07, 6.45) is 2.79. The fourth-order valence-electron chi connectivity index (χ4n) is 1.85. The van der Waals surface area contributed by atoms with Crippen LogP contribution < -0.4 is 10.2 Å². The Morgan fingerprint density at radius 1 is 1.39 bits per heavy atom. The highest BCUT2D eigenvalue weighted by atomic mass is 16.6. The summed E-state index contributed by atoms with van der Waals surface area (Å²) in [5.74, 6) is 1.76. The summed E-state index contributed by atoms with van der Waals surface area (Å²) >= 11 is 0. The molecule has 1 saturated carbocycles. The molecule has 1 N–H and O–H groups in total. The maximum atomic E-state index is 5.44. The maximum absolute atomic E-state index is 5.44. The van der Waals surface area contributed by atoms with Gasteiger partial charge in [0.25, 0.3) is 0 Å². The van der Waals surface area contributed by atoms with Gasteiger partial charge in [-0.15, -0.1) is 0 Å². The van der Waals surface area contributed by atoms with Crippen molar-refractivity contribution in [2.75, 3.05) is 39.3 Å². The van der Waals surface area contributed by atoms with Crippen LogP contribution in [0.25, 0.3) is 0 Å². The largest absolute Gasteiger partial charge is 0.497 e. The number of hydrogen-bond donors (Lipinski definition) is 1. The van der Waals surface area contributed by atoms with Crippen LogP contribution in [0.3, 0.4) is 0 Å². The predicted octanol–water partition coefficient (Wildman–Crippen LogP) is 2.38. The third kappa shape index (κ3) is 4.55. The van der Waals surface area contributed by atoms with Gasteiger partial charge in [0.1, 0.15) is 5.75 Å². The second-order valence-corrected chi connectivity index (χ2v) is 4.89. The molecule has 0 heterocycles. The van der Waals surface area contributed by atoms with Gasteiger partial charge in [-0.1, -0.05) is 6.07 Å². The third-order valence-corrected chi connectivity index (χ3v) is 3.10. The lowest BCUT2D eigenvalue weighted by Gasteiger charge is -2.16. The average molecular weight is 250 g/mol. The van der Waals surface area contributed by atoms with Gasteiger partial charge >= 0.3 is 0 Å². The zero-order valence-corrected chi connectivity index (χ0v) is 11.2. The van der Waals surface area contributed by atoms with E-state index in [1.807, 2.05) is 24.3 Å². The fraction of sp³-hybridized carbons (Fsp3) is 0.571. The summed E-state index contributed by atoms with van der Waals surface area (Å²) in [5, 5.41) is 0. The Balaban J connectivity index is 1.61. The lowest BCUT2D eigenvalue weighted by molar-refractivity contribution is 0.156. The first-order valence-electron chi connectivity index (χ1n) is 6.48. The Morgan fingerprint density at radius 3 is 2.94 bits per heavy atom. The zero-order valence-electron chi connectivity index (χ0n) is 11.2. The van der Waals surface area contributed by atoms with Gasteiger partial charge in [-0.05, 0) is 37.9 Å². The van der Waals surface area contributed by atoms with Crippen LogP contribution >= 0.6 is 0 Å². The van der Waals surface area contributed by atoms with Gasteiger partial charge < -0.3 is 9.64 Å². The average Bonchev–Trinajstić information content (AvgIpc) is 3.19. The van der Waals surface area contributed by atoms with Crippen molar-refractivity contribution in [1.82, 2.24) is 4.90 Å². The second kappa shape index (κ2) is 6.61. The van der Waals surface area contributed by atoms with Crippen LogP contribution in [-0.2, 0) is 4.84 Å². The van der Waals surface area contributed by atoms with Crippen molar-refractivity contribution in [3.63, 3.8) is 0 Å². The Hall–Kier alpha value is -1.26. The molecular formula is C14H22N2O2. The van der Waals surface area contributed by atoms with Gasteiger partial charge in [0.2, 0.25) is 0 Å². The molecule has 0 bridgehead atoms. The number of hydrogen-bond acceptors (Lipinski definition) is 4. The van der Waals surface area contributed by atoms with Crippen molar-refractivity contribution in [3.8, 4) is 5.75 Å². The van der Waals surface area contributed by atoms with Crippen LogP contribution in [-0.4, -0.2) is 38.8 Å². The van der Waals surface area contributed by atoms with Crippen molar-refractivity contribution < 1.29 is 9.57 Å². The summed E-state index contributed by atoms with van der Waals surface area (Å²) in [6.45, 7) is 2.83. The van der Waals surface area contributed by atoms with E-state index in [0.717, 1.165) is 23.9 Å². The van der Waals surface area contributed by atoms with Crippen LogP contribution in [0, 0.1) is 5.92 Å². The van der Waals surface area contributed by atoms with Crippen molar-refractivity contribution in [2.45, 2.75) is 12.8 Å². The molecule has 18 heavy (non-hydrogen) atoms. The minimum atomic E-state index is 0.681. The Kier molecular flexibility index (Phi) is 4.84. The van der Waals surface area contributed by atoms with Gasteiger partial charge in [0, 0.05) is 19.2 Å². The molecule has 4 nitrogen and oxygen atoms in total. The van der Waals surface area contributed by atoms with E-state index in [1.54, 1.807) is 7.11 Å². The quantitative estimate of drug-likeness (QED) is 0.567. The van der Waals surface area contributed by atoms with Crippen molar-refractivity contribution in [2.24, 2.45) is 5.92 Å². The zero-order chi connectivity index (χ0) is 12.8. The number of rotatable bonds is 8. The van der Waals surface area contributed by atoms with Gasteiger partial charge in [0.15, 0.2) is 0 Å². The predicted molar refractivity (Wildman–Crippen MR) is 72.8 cm³/mol. The molecule has 0 atom stereocenters. The Labute approximate surface area is 109 Å². The number of ether oxygens (including phenoxy) is 1. The van der Waals surface area contributed by atoms with Crippen molar-refractivity contribution >= 4 is 5.69 Å². The smallest absolute Gasteiger partial charge is 0.121 e. The van der Waals surface area contributed by atoms with E-state index in [-0.39, 0.29) is 0 Å². The number of anilines is 1. The van der Waals surface area contributed by atoms with E-state index >= 15 is 0 Å². The van der Waals surface area contributed by atoms with Crippen LogP contribution in [0.1, 0.15) is 12.8 Å². The SMILES string of the molecule is COc1cccc(NOCCN(C)CC2CC2)c1. The lowest BCUT2D eigenvalue weighted by Crippen LogP contribution is -2.26. The van der Waals surface area contributed by atoms with E-state index < -0.39 is 0 Å². The fourth-order valence-corrected chi connectivity index (χ4v) is 1.85. The molecule has 0 amide bonds. The molecular weight excluding hydrogens is 228 g/mol. The van der Waals surface area contributed by atoms with E-state index in [0.29, 0.717) is 6.61 Å². The minimum Gasteiger partial charge on any atom is -0.497 e. The first kappa shape index (κ1) is 13.2. The molecule has 1 aliphatic rings. The molecule has 1 fully saturated rings. The standard InChI is InChI=1S/C14H22N2O2/c1-16(11-12-6-7-12)8-9-18-15-13-4-3-5-14(10-13)17-2/h3-5,10,12,15H,6-9,11H2,1-2H3. The molecule has 0 radical (unpaired) electrons. The highest BCUT2D eigenvalue weighted by molar-refractivity contribution is 5.46. The molecule has 1 aromatic rings. The van der Waals surface area contributed by atoms with Crippen LogP contribution in [0.15, 0.2) is 24.3 Å². The maximum Gasteiger partial charge on any atom is 0.121 e. The third-order valence-electron chi connectivity index (χ3n) is 3.10. The van der Waals surface area contributed by atoms with E-state index in [4.69, 9.17) is 9.57 Å². The minimum absolute atomic E-state index is 0.681. The van der Waals surface area contributed by atoms with E-state index in [9.17, 15) is 0 Å². The van der Waals surface area contributed by atoms with Gasteiger partial charge in [0.05, 0.1) is 19.4 Å². The van der Waals surface area contributed by atoms with Crippen LogP contribution in [0.5, 0.6) is 5.75 Å². The second-order valence-electron chi connectivity index (χ2n) is 4.89. The van der Waals surface area contributed by atoms with Crippen molar-refractivity contribution in [3.05, 3.63) is 24.3 Å². The first-order valence-corrected chi connectivity index (χ1v) is 6.48. The lowest BCUT2D eigenvalue weighted by atomic mass is 10.3. The monoisotopic (exact) mass is 250 g/mol. The molecule has 0 saturated heterocycles. The summed E-state index contributed by atoms with van der Waals surface area (Å²) in [5.41, 5.74) is 3.85. The van der Waals surface area contributed by atoms with Gasteiger partial charge in [-0.2, -0.15) is 0 Å².